The Bertz CT molecular complexity index is 3240. The zero-order chi connectivity index (χ0) is 68.1. The maximum atomic E-state index is 12.1. The van der Waals surface area contributed by atoms with Crippen LogP contribution in [0, 0.1) is 0 Å². The molecule has 96 heavy (non-hydrogen) atoms. The first-order valence-corrected chi connectivity index (χ1v) is 34.1. The summed E-state index contributed by atoms with van der Waals surface area (Å²) >= 11 is 5.96. The molecule has 4 aromatic heterocycles. The van der Waals surface area contributed by atoms with Gasteiger partial charge in [0.2, 0.25) is 0 Å². The molecule has 1 N–H and O–H groups in total. The number of ether oxygens (including phenoxy) is 7. The minimum atomic E-state index is -0.466. The van der Waals surface area contributed by atoms with Crippen LogP contribution < -0.4 is 5.32 Å². The molecule has 24 nitrogen and oxygen atoms in total. The Labute approximate surface area is 578 Å². The summed E-state index contributed by atoms with van der Waals surface area (Å²) in [5, 5.41) is 3.71. The quantitative estimate of drug-likeness (QED) is 0.127. The van der Waals surface area contributed by atoms with Crippen LogP contribution in [0.25, 0.3) is 5.57 Å². The summed E-state index contributed by atoms with van der Waals surface area (Å²) in [4.78, 5) is 76.4. The zero-order valence-electron chi connectivity index (χ0n) is 58.5. The molecule has 3 amide bonds. The standard InChI is InChI=1S/C17H25N3O3.C17H23N3O3.C12H16ClN3O2.C12H17N3O.C11H19BO3.ClH/c2*1-17(2,3)23-16(21)20-10-13(11-20)15-14(18-6-7-19-15)12-4-8-22-9-5-12;1-12(2,3)18-11(17)16-6-8(7-16)9-10(13)15-5-4-14-9;1-5-16-6-2-9(1)11-12(10-7-13-8-10)15-4-3-14-11;1-10(2)11(3,4)15-12(14-10)9-5-7-13-8-6-9;/h6-7,12-13H,4-5,8-11H2,1-3H3;4,6-7,13H,5,8-11H2,1-3H3;4-5,8H,6-7H2,1-3H3;3-4,9-10,13H,1-2,5-8H2;5H,6-8H2,1-4H3;1H. The van der Waals surface area contributed by atoms with Crippen molar-refractivity contribution in [2.75, 3.05) is 105 Å². The van der Waals surface area contributed by atoms with Gasteiger partial charge >= 0.3 is 25.4 Å². The summed E-state index contributed by atoms with van der Waals surface area (Å²) < 4.78 is 49.5. The van der Waals surface area contributed by atoms with Gasteiger partial charge in [0.05, 0.1) is 77.5 Å². The Morgan fingerprint density at radius 1 is 0.469 bits per heavy atom. The minimum absolute atomic E-state index is 0. The van der Waals surface area contributed by atoms with Gasteiger partial charge in [0.1, 0.15) is 16.8 Å². The molecule has 4 aromatic rings. The fourth-order valence-corrected chi connectivity index (χ4v) is 12.0. The Morgan fingerprint density at radius 2 is 0.823 bits per heavy atom. The molecule has 0 unspecified atom stereocenters. The van der Waals surface area contributed by atoms with E-state index in [2.05, 4.69) is 85.0 Å². The fourth-order valence-electron chi connectivity index (χ4n) is 11.8. The summed E-state index contributed by atoms with van der Waals surface area (Å²) in [7, 11) is -0.182. The minimum Gasteiger partial charge on any atom is -0.444 e. The first-order chi connectivity index (χ1) is 45.1. The normalized spacial score (nSPS) is 20.9. The highest BCUT2D eigenvalue weighted by molar-refractivity contribution is 6.54. The molecule has 0 atom stereocenters. The van der Waals surface area contributed by atoms with Crippen molar-refractivity contribution in [2.24, 2.45) is 0 Å². The van der Waals surface area contributed by atoms with Crippen molar-refractivity contribution in [1.29, 1.82) is 0 Å². The van der Waals surface area contributed by atoms with E-state index in [0.717, 1.165) is 120 Å². The third kappa shape index (κ3) is 21.0. The molecule has 7 saturated heterocycles. The van der Waals surface area contributed by atoms with Crippen LogP contribution in [0.1, 0.15) is 204 Å². The molecular weight excluding hydrogens is 1270 g/mol. The second kappa shape index (κ2) is 33.7. The van der Waals surface area contributed by atoms with Gasteiger partial charge in [-0.05, 0) is 140 Å². The van der Waals surface area contributed by atoms with Crippen molar-refractivity contribution < 1.29 is 56.9 Å². The van der Waals surface area contributed by atoms with Gasteiger partial charge in [0, 0.05) is 164 Å². The molecule has 0 spiro atoms. The van der Waals surface area contributed by atoms with Crippen LogP contribution in [0.2, 0.25) is 5.15 Å². The van der Waals surface area contributed by atoms with Crippen LogP contribution >= 0.6 is 24.0 Å². The predicted molar refractivity (Wildman–Crippen MR) is 366 cm³/mol. The molecule has 526 valence electrons. The van der Waals surface area contributed by atoms with Gasteiger partial charge in [-0.2, -0.15) is 0 Å². The summed E-state index contributed by atoms with van der Waals surface area (Å²) in [6, 6.07) is 0. The second-order valence-electron chi connectivity index (χ2n) is 29.3. The lowest BCUT2D eigenvalue weighted by Crippen LogP contribution is -2.50. The molecule has 27 heteroatoms. The molecule has 0 aliphatic carbocycles. The summed E-state index contributed by atoms with van der Waals surface area (Å²) in [5.74, 6) is 2.18. The van der Waals surface area contributed by atoms with Gasteiger partial charge in [0.25, 0.3) is 0 Å². The maximum absolute atomic E-state index is 12.1. The van der Waals surface area contributed by atoms with Crippen molar-refractivity contribution in [3.05, 3.63) is 112 Å². The summed E-state index contributed by atoms with van der Waals surface area (Å²) in [5.41, 5.74) is 7.78. The van der Waals surface area contributed by atoms with E-state index in [1.165, 1.54) is 22.4 Å². The van der Waals surface area contributed by atoms with E-state index in [4.69, 9.17) is 54.1 Å². The molecule has 13 heterocycles. The smallest absolute Gasteiger partial charge is 0.444 e. The van der Waals surface area contributed by atoms with Crippen LogP contribution in [-0.2, 0) is 42.5 Å². The Hall–Kier alpha value is -6.03. The van der Waals surface area contributed by atoms with Crippen LogP contribution in [-0.4, -0.2) is 213 Å². The molecule has 0 radical (unpaired) electrons. The summed E-state index contributed by atoms with van der Waals surface area (Å²) in [6.07, 6.45) is 23.0. The Kier molecular flexibility index (Phi) is 26.6. The van der Waals surface area contributed by atoms with Gasteiger partial charge in [-0.1, -0.05) is 23.8 Å². The van der Waals surface area contributed by atoms with Gasteiger partial charge in [-0.25, -0.2) is 19.4 Å². The zero-order valence-corrected chi connectivity index (χ0v) is 60.0. The number of rotatable bonds is 8. The van der Waals surface area contributed by atoms with E-state index >= 15 is 0 Å². The maximum Gasteiger partial charge on any atom is 0.490 e. The average Bonchev–Trinajstić information content (AvgIpc) is 1.64. The third-order valence-electron chi connectivity index (χ3n) is 17.9. The monoisotopic (exact) mass is 1370 g/mol. The van der Waals surface area contributed by atoms with E-state index in [0.29, 0.717) is 75.4 Å². The molecule has 9 aliphatic heterocycles. The molecule has 0 bridgehead atoms. The Morgan fingerprint density at radius 3 is 1.20 bits per heavy atom. The first kappa shape index (κ1) is 75.7. The van der Waals surface area contributed by atoms with Crippen molar-refractivity contribution in [3.63, 3.8) is 0 Å². The van der Waals surface area contributed by atoms with E-state index in [-0.39, 0.29) is 66.8 Å². The van der Waals surface area contributed by atoms with Gasteiger partial charge in [-0.3, -0.25) is 34.9 Å². The lowest BCUT2D eigenvalue weighted by atomic mass is 9.75. The van der Waals surface area contributed by atoms with Gasteiger partial charge in [-0.15, -0.1) is 12.4 Å². The van der Waals surface area contributed by atoms with Crippen LogP contribution in [0.3, 0.4) is 0 Å². The highest BCUT2D eigenvalue weighted by Crippen LogP contribution is 2.41. The molecule has 0 aromatic carbocycles. The number of carbonyl (C=O) groups excluding carboxylic acids is 3. The largest absolute Gasteiger partial charge is 0.490 e. The molecule has 9 aliphatic rings. The topological polar surface area (TPSA) is 259 Å². The van der Waals surface area contributed by atoms with Crippen molar-refractivity contribution in [2.45, 2.75) is 192 Å². The number of nitrogens with one attached hydrogen (secondary N) is 1. The third-order valence-corrected chi connectivity index (χ3v) is 18.2. The number of hydrogen-bond donors (Lipinski definition) is 1. The number of hydrogen-bond acceptors (Lipinski definition) is 21. The second-order valence-corrected chi connectivity index (χ2v) is 29.7. The lowest BCUT2D eigenvalue weighted by molar-refractivity contribution is 0.00578. The van der Waals surface area contributed by atoms with Gasteiger partial charge in [0.15, 0.2) is 5.15 Å². The van der Waals surface area contributed by atoms with E-state index < -0.39 is 16.8 Å². The SMILES string of the molecule is CC(C)(C)OC(=O)N1CC(c2nccnc2C2=CCOCC2)C1.CC(C)(C)OC(=O)N1CC(c2nccnc2C2CCOCC2)C1.CC(C)(C)OC(=O)N1CC(c2nccnc2Cl)C1.CC1(C)OB(C2=CCOCC2)OC1(C)C.Cl.c1cnc(C2CNC2)c(C2CCOCC2)n1. The number of nitrogens with zero attached hydrogens (tertiary/aromatic N) is 11. The van der Waals surface area contributed by atoms with Crippen molar-refractivity contribution in [1.82, 2.24) is 59.9 Å². The number of amides is 3. The average molecular weight is 1370 g/mol. The van der Waals surface area contributed by atoms with Crippen molar-refractivity contribution in [3.8, 4) is 0 Å². The highest BCUT2D eigenvalue weighted by Gasteiger charge is 2.52. The fraction of sp³-hybridized carbons (Fsp3) is 0.667. The molecule has 13 rings (SSSR count). The molecule has 7 fully saturated rings. The van der Waals surface area contributed by atoms with E-state index in [9.17, 15) is 14.4 Å². The number of carbonyl (C=O) groups is 3. The van der Waals surface area contributed by atoms with Crippen molar-refractivity contribution >= 4 is 55.0 Å². The van der Waals surface area contributed by atoms with Gasteiger partial charge < -0.3 is 62.5 Å². The molecule has 0 saturated carbocycles. The number of likely N-dealkylation sites (tertiary alicyclic amines) is 3. The van der Waals surface area contributed by atoms with E-state index in [1.807, 2.05) is 74.7 Å². The predicted octanol–water partition coefficient (Wildman–Crippen LogP) is 11.2. The van der Waals surface area contributed by atoms with Crippen LogP contribution in [0.5, 0.6) is 0 Å². The number of halogens is 2. The Balaban J connectivity index is 0.000000155. The van der Waals surface area contributed by atoms with E-state index in [1.54, 1.807) is 51.9 Å². The molecular formula is C69H101BCl2N12O12. The first-order valence-electron chi connectivity index (χ1n) is 33.7. The lowest BCUT2D eigenvalue weighted by Gasteiger charge is -2.40. The van der Waals surface area contributed by atoms with Crippen LogP contribution in [0.4, 0.5) is 14.4 Å². The highest BCUT2D eigenvalue weighted by atomic mass is 35.5. The van der Waals surface area contributed by atoms with Crippen LogP contribution in [0.15, 0.2) is 67.2 Å². The number of aromatic nitrogens is 8. The summed E-state index contributed by atoms with van der Waals surface area (Å²) in [6.45, 7) is 37.1.